The maximum atomic E-state index is 14.3. The minimum absolute atomic E-state index is 0.0109. The van der Waals surface area contributed by atoms with E-state index < -0.39 is 0 Å². The largest absolute Gasteiger partial charge is 0.497 e. The summed E-state index contributed by atoms with van der Waals surface area (Å²) in [5, 5.41) is 3.07. The quantitative estimate of drug-likeness (QED) is 0.328. The van der Waals surface area contributed by atoms with Crippen LogP contribution in [0.25, 0.3) is 5.69 Å². The first-order valence-electron chi connectivity index (χ1n) is 13.3. The van der Waals surface area contributed by atoms with Gasteiger partial charge in [0.15, 0.2) is 0 Å². The number of benzene rings is 3. The molecule has 0 radical (unpaired) electrons. The number of nitrogens with one attached hydrogen (secondary N) is 1. The van der Waals surface area contributed by atoms with Crippen LogP contribution in [-0.4, -0.2) is 41.1 Å². The molecule has 2 aliphatic rings. The summed E-state index contributed by atoms with van der Waals surface area (Å²) < 4.78 is 7.52. The van der Waals surface area contributed by atoms with E-state index in [0.29, 0.717) is 0 Å². The third-order valence-electron chi connectivity index (χ3n) is 7.82. The molecule has 7 nitrogen and oxygen atoms in total. The molecule has 0 bridgehead atoms. The number of ether oxygens (including phenoxy) is 1. The van der Waals surface area contributed by atoms with Gasteiger partial charge in [0.05, 0.1) is 24.2 Å². The Kier molecular flexibility index (Phi) is 6.35. The van der Waals surface area contributed by atoms with Gasteiger partial charge in [-0.3, -0.25) is 9.69 Å². The number of aryl methyl sites for hydroxylation is 1. The number of carbonyl (C=O) groups excluding carboxylic acids is 2. The highest BCUT2D eigenvalue weighted by Crippen LogP contribution is 2.43. The topological polar surface area (TPSA) is 66.8 Å². The van der Waals surface area contributed by atoms with Crippen LogP contribution in [0.4, 0.5) is 16.2 Å². The van der Waals surface area contributed by atoms with E-state index in [1.807, 2.05) is 97.7 Å². The van der Waals surface area contributed by atoms with Crippen LogP contribution in [0.3, 0.4) is 0 Å². The Hall–Kier alpha value is -4.52. The van der Waals surface area contributed by atoms with E-state index >= 15 is 0 Å². The van der Waals surface area contributed by atoms with Gasteiger partial charge in [0, 0.05) is 17.9 Å². The molecule has 2 heterocycles. The summed E-state index contributed by atoms with van der Waals surface area (Å²) in [7, 11) is 1.64. The van der Waals surface area contributed by atoms with E-state index in [1.54, 1.807) is 12.0 Å². The molecule has 198 valence electrons. The maximum absolute atomic E-state index is 14.3. The van der Waals surface area contributed by atoms with Gasteiger partial charge in [0.2, 0.25) is 5.91 Å². The van der Waals surface area contributed by atoms with Crippen molar-refractivity contribution < 1.29 is 14.3 Å². The second-order valence-electron chi connectivity index (χ2n) is 10.3. The molecule has 1 aliphatic carbocycles. The number of fused-ring (bicyclic) bond motifs is 3. The molecule has 3 amide bonds. The highest BCUT2D eigenvalue weighted by molar-refractivity contribution is 6.01. The van der Waals surface area contributed by atoms with Crippen molar-refractivity contribution in [3.05, 3.63) is 107 Å². The normalized spacial score (nSPS) is 15.8. The van der Waals surface area contributed by atoms with Crippen molar-refractivity contribution in [2.24, 2.45) is 0 Å². The summed E-state index contributed by atoms with van der Waals surface area (Å²) in [5.41, 5.74) is 6.62. The number of urea groups is 1. The van der Waals surface area contributed by atoms with Crippen LogP contribution in [0, 0.1) is 13.8 Å². The zero-order valence-electron chi connectivity index (χ0n) is 22.4. The number of aromatic nitrogens is 1. The lowest BCUT2D eigenvalue weighted by Gasteiger charge is -2.39. The lowest BCUT2D eigenvalue weighted by atomic mass is 9.97. The van der Waals surface area contributed by atoms with Crippen LogP contribution < -0.4 is 15.0 Å². The Bertz CT molecular complexity index is 1540. The van der Waals surface area contributed by atoms with Crippen LogP contribution in [0.1, 0.15) is 41.3 Å². The smallest absolute Gasteiger partial charge is 0.322 e. The molecule has 4 aromatic rings. The first-order valence-corrected chi connectivity index (χ1v) is 13.3. The fourth-order valence-electron chi connectivity index (χ4n) is 5.41. The van der Waals surface area contributed by atoms with Crippen molar-refractivity contribution in [2.45, 2.75) is 38.8 Å². The Morgan fingerprint density at radius 3 is 2.38 bits per heavy atom. The fourth-order valence-corrected chi connectivity index (χ4v) is 5.41. The zero-order valence-corrected chi connectivity index (χ0v) is 22.4. The third kappa shape index (κ3) is 4.54. The number of amides is 3. The van der Waals surface area contributed by atoms with E-state index in [2.05, 4.69) is 16.0 Å². The standard InChI is InChI=1S/C32H32N4O3/c1-21-8-6-9-26(22(21)2)33-32(38)35(24-15-16-24)20-30(37)36-28-11-5-4-10-27(28)34-19-7-12-29(34)31(36)23-13-17-25(39-3)18-14-23/h4-14,17-19,24,31H,15-16,20H2,1-3H3,(H,33,38). The van der Waals surface area contributed by atoms with Gasteiger partial charge in [-0.15, -0.1) is 0 Å². The summed E-state index contributed by atoms with van der Waals surface area (Å²) in [6.07, 6.45) is 3.82. The average Bonchev–Trinajstić information content (AvgIpc) is 3.68. The highest BCUT2D eigenvalue weighted by Gasteiger charge is 2.40. The van der Waals surface area contributed by atoms with Gasteiger partial charge in [-0.25, -0.2) is 4.79 Å². The molecule has 6 rings (SSSR count). The van der Waals surface area contributed by atoms with Gasteiger partial charge < -0.3 is 19.5 Å². The van der Waals surface area contributed by atoms with Crippen LogP contribution >= 0.6 is 0 Å². The average molecular weight is 521 g/mol. The molecular weight excluding hydrogens is 488 g/mol. The first kappa shape index (κ1) is 24.8. The summed E-state index contributed by atoms with van der Waals surface area (Å²) in [6, 6.07) is 25.1. The van der Waals surface area contributed by atoms with E-state index in [9.17, 15) is 9.59 Å². The van der Waals surface area contributed by atoms with Crippen molar-refractivity contribution in [2.75, 3.05) is 23.9 Å². The number of carbonyl (C=O) groups is 2. The lowest BCUT2D eigenvalue weighted by Crippen LogP contribution is -2.48. The molecular formula is C32H32N4O3. The van der Waals surface area contributed by atoms with E-state index in [4.69, 9.17) is 4.74 Å². The SMILES string of the molecule is COc1ccc(C2c3cccn3-c3ccccc3N2C(=O)CN(C(=O)Nc2cccc(C)c2C)C2CC2)cc1. The van der Waals surface area contributed by atoms with Gasteiger partial charge in [-0.05, 0) is 85.8 Å². The minimum atomic E-state index is -0.351. The summed E-state index contributed by atoms with van der Waals surface area (Å²) in [6.45, 7) is 4.01. The molecule has 1 atom stereocenters. The van der Waals surface area contributed by atoms with E-state index in [1.165, 1.54) is 0 Å². The van der Waals surface area contributed by atoms with Crippen LogP contribution in [-0.2, 0) is 4.79 Å². The number of nitrogens with zero attached hydrogens (tertiary/aromatic N) is 3. The summed E-state index contributed by atoms with van der Waals surface area (Å²) in [5.74, 6) is 0.630. The van der Waals surface area contributed by atoms with E-state index in [0.717, 1.165) is 58.0 Å². The minimum Gasteiger partial charge on any atom is -0.497 e. The van der Waals surface area contributed by atoms with Gasteiger partial charge in [0.1, 0.15) is 18.3 Å². The maximum Gasteiger partial charge on any atom is 0.322 e. The number of hydrogen-bond acceptors (Lipinski definition) is 3. The predicted molar refractivity (Wildman–Crippen MR) is 153 cm³/mol. The first-order chi connectivity index (χ1) is 19.0. The third-order valence-corrected chi connectivity index (χ3v) is 7.82. The van der Waals surface area contributed by atoms with Gasteiger partial charge in [0.25, 0.3) is 0 Å². The lowest BCUT2D eigenvalue weighted by molar-refractivity contribution is -0.119. The van der Waals surface area contributed by atoms with Gasteiger partial charge >= 0.3 is 6.03 Å². The number of hydrogen-bond donors (Lipinski definition) is 1. The molecule has 39 heavy (non-hydrogen) atoms. The molecule has 1 saturated carbocycles. The monoisotopic (exact) mass is 520 g/mol. The van der Waals surface area contributed by atoms with Crippen LogP contribution in [0.15, 0.2) is 85.1 Å². The highest BCUT2D eigenvalue weighted by atomic mass is 16.5. The van der Waals surface area contributed by atoms with Crippen molar-refractivity contribution in [1.29, 1.82) is 0 Å². The molecule has 1 N–H and O–H groups in total. The molecule has 0 spiro atoms. The predicted octanol–water partition coefficient (Wildman–Crippen LogP) is 6.24. The summed E-state index contributed by atoms with van der Waals surface area (Å²) in [4.78, 5) is 31.4. The Morgan fingerprint density at radius 1 is 0.923 bits per heavy atom. The zero-order chi connectivity index (χ0) is 27.1. The van der Waals surface area contributed by atoms with Gasteiger partial charge in [-0.1, -0.05) is 36.4 Å². The van der Waals surface area contributed by atoms with Crippen molar-refractivity contribution in [3.8, 4) is 11.4 Å². The second-order valence-corrected chi connectivity index (χ2v) is 10.3. The van der Waals surface area contributed by atoms with Crippen molar-refractivity contribution in [3.63, 3.8) is 0 Å². The fraction of sp³-hybridized carbons (Fsp3) is 0.250. The number of methoxy groups -OCH3 is 1. The number of rotatable bonds is 6. The molecule has 1 fully saturated rings. The van der Waals surface area contributed by atoms with Crippen LogP contribution in [0.5, 0.6) is 5.75 Å². The second kappa shape index (κ2) is 9.98. The molecule has 0 saturated heterocycles. The van der Waals surface area contributed by atoms with Crippen molar-refractivity contribution >= 4 is 23.3 Å². The Labute approximate surface area is 228 Å². The number of para-hydroxylation sites is 2. The molecule has 3 aromatic carbocycles. The summed E-state index contributed by atoms with van der Waals surface area (Å²) >= 11 is 0. The molecule has 7 heteroatoms. The van der Waals surface area contributed by atoms with Crippen molar-refractivity contribution in [1.82, 2.24) is 9.47 Å². The Morgan fingerprint density at radius 2 is 1.67 bits per heavy atom. The molecule has 1 unspecified atom stereocenters. The van der Waals surface area contributed by atoms with E-state index in [-0.39, 0.29) is 30.6 Å². The Balaban J connectivity index is 1.36. The van der Waals surface area contributed by atoms with Crippen LogP contribution in [0.2, 0.25) is 0 Å². The molecule has 1 aromatic heterocycles. The molecule has 1 aliphatic heterocycles. The van der Waals surface area contributed by atoms with Gasteiger partial charge in [-0.2, -0.15) is 0 Å². The number of anilines is 2.